The molecule has 1 aliphatic rings. The van der Waals surface area contributed by atoms with Gasteiger partial charge in [0.1, 0.15) is 5.75 Å². The lowest BCUT2D eigenvalue weighted by Crippen LogP contribution is -2.35. The zero-order valence-corrected chi connectivity index (χ0v) is 16.1. The fourth-order valence-corrected chi connectivity index (χ4v) is 3.95. The van der Waals surface area contributed by atoms with Gasteiger partial charge in [0.05, 0.1) is 4.88 Å². The monoisotopic (exact) mass is 392 g/mol. The van der Waals surface area contributed by atoms with Crippen LogP contribution in [0.3, 0.4) is 0 Å². The van der Waals surface area contributed by atoms with Gasteiger partial charge in [-0.3, -0.25) is 9.59 Å². The Labute approximate surface area is 167 Å². The van der Waals surface area contributed by atoms with E-state index >= 15 is 0 Å². The average Bonchev–Trinajstić information content (AvgIpc) is 3.27. The molecular weight excluding hydrogens is 372 g/mol. The minimum Gasteiger partial charge on any atom is -0.484 e. The number of nitrogens with zero attached hydrogens (tertiary/aromatic N) is 1. The largest absolute Gasteiger partial charge is 0.484 e. The molecule has 0 unspecified atom stereocenters. The molecule has 1 N–H and O–H groups in total. The molecule has 0 fully saturated rings. The molecule has 0 atom stereocenters. The van der Waals surface area contributed by atoms with Crippen molar-refractivity contribution in [1.82, 2.24) is 0 Å². The van der Waals surface area contributed by atoms with Gasteiger partial charge in [0.2, 0.25) is 0 Å². The molecule has 1 aromatic heterocycles. The van der Waals surface area contributed by atoms with Crippen molar-refractivity contribution in [2.45, 2.75) is 12.8 Å². The molecule has 0 radical (unpaired) electrons. The fourth-order valence-electron chi connectivity index (χ4n) is 3.28. The predicted molar refractivity (Wildman–Crippen MR) is 111 cm³/mol. The molecule has 2 amide bonds. The average molecular weight is 392 g/mol. The Morgan fingerprint density at radius 2 is 1.93 bits per heavy atom. The van der Waals surface area contributed by atoms with Gasteiger partial charge in [-0.15, -0.1) is 11.3 Å². The highest BCUT2D eigenvalue weighted by Gasteiger charge is 2.24. The first-order valence-corrected chi connectivity index (χ1v) is 10.0. The first-order valence-electron chi connectivity index (χ1n) is 9.17. The number of aryl methyl sites for hydroxylation is 1. The zero-order chi connectivity index (χ0) is 19.3. The maximum Gasteiger partial charge on any atom is 0.268 e. The van der Waals surface area contributed by atoms with Crippen molar-refractivity contribution in [1.29, 1.82) is 0 Å². The number of benzene rings is 2. The van der Waals surface area contributed by atoms with E-state index in [4.69, 9.17) is 4.74 Å². The second-order valence-corrected chi connectivity index (χ2v) is 7.48. The number of thiophene rings is 1. The Bertz CT molecular complexity index is 971. The number of nitrogens with one attached hydrogen (secondary N) is 1. The van der Waals surface area contributed by atoms with Gasteiger partial charge in [0.25, 0.3) is 11.8 Å². The van der Waals surface area contributed by atoms with E-state index in [2.05, 4.69) is 5.32 Å². The van der Waals surface area contributed by atoms with Crippen molar-refractivity contribution < 1.29 is 14.3 Å². The molecule has 28 heavy (non-hydrogen) atoms. The van der Waals surface area contributed by atoms with E-state index in [-0.39, 0.29) is 18.4 Å². The molecule has 4 rings (SSSR count). The third-order valence-corrected chi connectivity index (χ3v) is 5.43. The topological polar surface area (TPSA) is 58.6 Å². The van der Waals surface area contributed by atoms with Crippen molar-refractivity contribution in [2.24, 2.45) is 0 Å². The number of rotatable bonds is 5. The summed E-state index contributed by atoms with van der Waals surface area (Å²) in [5.41, 5.74) is 2.70. The van der Waals surface area contributed by atoms with Crippen LogP contribution in [0.2, 0.25) is 0 Å². The molecule has 0 bridgehead atoms. The van der Waals surface area contributed by atoms with Crippen molar-refractivity contribution in [3.05, 3.63) is 76.5 Å². The normalized spacial score (nSPS) is 12.9. The van der Waals surface area contributed by atoms with Crippen molar-refractivity contribution in [3.8, 4) is 5.75 Å². The first kappa shape index (κ1) is 18.3. The Morgan fingerprint density at radius 1 is 1.07 bits per heavy atom. The summed E-state index contributed by atoms with van der Waals surface area (Å²) in [4.78, 5) is 27.5. The minimum atomic E-state index is -0.217. The van der Waals surface area contributed by atoms with E-state index in [1.807, 2.05) is 70.9 Å². The number of anilines is 2. The Morgan fingerprint density at radius 3 is 2.71 bits per heavy atom. The number of para-hydroxylation sites is 1. The van der Waals surface area contributed by atoms with Crippen LogP contribution in [0.1, 0.15) is 21.7 Å². The Hall–Kier alpha value is -3.12. The van der Waals surface area contributed by atoms with Gasteiger partial charge < -0.3 is 15.0 Å². The summed E-state index contributed by atoms with van der Waals surface area (Å²) < 4.78 is 5.48. The standard InChI is InChI=1S/C22H20N2O3S/c25-21(15-27-18-7-2-1-3-8-18)23-17-10-11-19-16(14-17)6-4-12-24(19)22(26)20-9-5-13-28-20/h1-3,5,7-11,13-14H,4,6,12,15H2,(H,23,25). The maximum absolute atomic E-state index is 12.8. The van der Waals surface area contributed by atoms with Crippen LogP contribution in [0.15, 0.2) is 66.0 Å². The number of fused-ring (bicyclic) bond motifs is 1. The van der Waals surface area contributed by atoms with E-state index in [0.29, 0.717) is 18.0 Å². The highest BCUT2D eigenvalue weighted by Crippen LogP contribution is 2.31. The number of carbonyl (C=O) groups is 2. The molecule has 0 spiro atoms. The van der Waals surface area contributed by atoms with E-state index < -0.39 is 0 Å². The molecule has 0 aliphatic carbocycles. The lowest BCUT2D eigenvalue weighted by Gasteiger charge is -2.29. The van der Waals surface area contributed by atoms with Crippen molar-refractivity contribution in [2.75, 3.05) is 23.4 Å². The summed E-state index contributed by atoms with van der Waals surface area (Å²) in [6, 6.07) is 18.7. The summed E-state index contributed by atoms with van der Waals surface area (Å²) in [6.45, 7) is 0.657. The molecule has 3 aromatic rings. The van der Waals surface area contributed by atoms with Crippen LogP contribution < -0.4 is 15.0 Å². The van der Waals surface area contributed by atoms with Crippen LogP contribution in [0.5, 0.6) is 5.75 Å². The second kappa shape index (κ2) is 8.27. The lowest BCUT2D eigenvalue weighted by atomic mass is 10.0. The van der Waals surface area contributed by atoms with E-state index in [9.17, 15) is 9.59 Å². The fraction of sp³-hybridized carbons (Fsp3) is 0.182. The molecule has 0 saturated heterocycles. The van der Waals surface area contributed by atoms with Crippen LogP contribution >= 0.6 is 11.3 Å². The molecular formula is C22H20N2O3S. The quantitative estimate of drug-likeness (QED) is 0.702. The van der Waals surface area contributed by atoms with Gasteiger partial charge in [0, 0.05) is 17.9 Å². The van der Waals surface area contributed by atoms with Crippen LogP contribution in [0.25, 0.3) is 0 Å². The lowest BCUT2D eigenvalue weighted by molar-refractivity contribution is -0.118. The highest BCUT2D eigenvalue weighted by atomic mass is 32.1. The highest BCUT2D eigenvalue weighted by molar-refractivity contribution is 7.12. The van der Waals surface area contributed by atoms with Gasteiger partial charge in [-0.1, -0.05) is 24.3 Å². The summed E-state index contributed by atoms with van der Waals surface area (Å²) in [6.07, 6.45) is 1.78. The third-order valence-electron chi connectivity index (χ3n) is 4.57. The van der Waals surface area contributed by atoms with E-state index in [1.54, 1.807) is 0 Å². The molecule has 2 aromatic carbocycles. The molecule has 0 saturated carbocycles. The molecule has 6 heteroatoms. The van der Waals surface area contributed by atoms with Crippen molar-refractivity contribution in [3.63, 3.8) is 0 Å². The van der Waals surface area contributed by atoms with E-state index in [1.165, 1.54) is 11.3 Å². The first-order chi connectivity index (χ1) is 13.7. The third kappa shape index (κ3) is 4.07. The number of amides is 2. The zero-order valence-electron chi connectivity index (χ0n) is 15.3. The Balaban J connectivity index is 1.43. The second-order valence-electron chi connectivity index (χ2n) is 6.53. The SMILES string of the molecule is O=C(COc1ccccc1)Nc1ccc2c(c1)CCCN2C(=O)c1cccs1. The van der Waals surface area contributed by atoms with Gasteiger partial charge in [0.15, 0.2) is 6.61 Å². The number of carbonyl (C=O) groups excluding carboxylic acids is 2. The smallest absolute Gasteiger partial charge is 0.268 e. The van der Waals surface area contributed by atoms with Crippen molar-refractivity contribution >= 4 is 34.5 Å². The molecule has 5 nitrogen and oxygen atoms in total. The molecule has 2 heterocycles. The number of hydrogen-bond acceptors (Lipinski definition) is 4. The van der Waals surface area contributed by atoms with Gasteiger partial charge in [-0.05, 0) is 60.2 Å². The summed E-state index contributed by atoms with van der Waals surface area (Å²) >= 11 is 1.45. The van der Waals surface area contributed by atoms with Gasteiger partial charge in [-0.25, -0.2) is 0 Å². The summed E-state index contributed by atoms with van der Waals surface area (Å²) in [7, 11) is 0. The number of hydrogen-bond donors (Lipinski definition) is 1. The minimum absolute atomic E-state index is 0.0315. The summed E-state index contributed by atoms with van der Waals surface area (Å²) in [5, 5.41) is 4.78. The predicted octanol–water partition coefficient (Wildman–Crippen LogP) is 4.36. The summed E-state index contributed by atoms with van der Waals surface area (Å²) in [5.74, 6) is 0.473. The van der Waals surface area contributed by atoms with Crippen LogP contribution in [-0.4, -0.2) is 25.0 Å². The van der Waals surface area contributed by atoms with Crippen LogP contribution in [-0.2, 0) is 11.2 Å². The Kier molecular flexibility index (Phi) is 5.39. The van der Waals surface area contributed by atoms with Gasteiger partial charge >= 0.3 is 0 Å². The van der Waals surface area contributed by atoms with Crippen LogP contribution in [0, 0.1) is 0 Å². The number of ether oxygens (including phenoxy) is 1. The van der Waals surface area contributed by atoms with Crippen LogP contribution in [0.4, 0.5) is 11.4 Å². The van der Waals surface area contributed by atoms with E-state index in [0.717, 1.165) is 29.0 Å². The van der Waals surface area contributed by atoms with Gasteiger partial charge in [-0.2, -0.15) is 0 Å². The molecule has 142 valence electrons. The molecule has 1 aliphatic heterocycles. The maximum atomic E-state index is 12.8.